The molecule has 0 fully saturated rings. The summed E-state index contributed by atoms with van der Waals surface area (Å²) in [4.78, 5) is 19.1. The van der Waals surface area contributed by atoms with E-state index in [1.54, 1.807) is 6.07 Å². The Kier molecular flexibility index (Phi) is 4.98. The first kappa shape index (κ1) is 17.5. The number of anilines is 2. The first-order valence-electron chi connectivity index (χ1n) is 6.95. The molecule has 0 aromatic heterocycles. The minimum absolute atomic E-state index is 0.0874. The number of aromatic hydroxyl groups is 1. The molecule has 25 heavy (non-hydrogen) atoms. The summed E-state index contributed by atoms with van der Waals surface area (Å²) in [5, 5.41) is 31.8. The summed E-state index contributed by atoms with van der Waals surface area (Å²) >= 11 is 0. The SMILES string of the molecule is Nc1c(O)ccc2ccccc12.Nc1ccc([N+](=O)[O-])cc1[N+](=O)[O-]. The van der Waals surface area contributed by atoms with Crippen LogP contribution in [0.1, 0.15) is 0 Å². The van der Waals surface area contributed by atoms with Crippen LogP contribution in [0.3, 0.4) is 0 Å². The van der Waals surface area contributed by atoms with Gasteiger partial charge in [-0.3, -0.25) is 20.2 Å². The molecule has 3 aromatic carbocycles. The molecule has 9 nitrogen and oxygen atoms in total. The zero-order valence-corrected chi connectivity index (χ0v) is 12.8. The molecule has 0 unspecified atom stereocenters. The van der Waals surface area contributed by atoms with Crippen LogP contribution in [0, 0.1) is 20.2 Å². The van der Waals surface area contributed by atoms with Gasteiger partial charge < -0.3 is 16.6 Å². The molecule has 0 heterocycles. The lowest BCUT2D eigenvalue weighted by molar-refractivity contribution is -0.393. The number of nitrogens with two attached hydrogens (primary N) is 2. The van der Waals surface area contributed by atoms with E-state index >= 15 is 0 Å². The van der Waals surface area contributed by atoms with Gasteiger partial charge >= 0.3 is 0 Å². The molecule has 0 aliphatic heterocycles. The van der Waals surface area contributed by atoms with E-state index in [0.29, 0.717) is 5.69 Å². The Morgan fingerprint density at radius 2 is 1.56 bits per heavy atom. The molecule has 5 N–H and O–H groups in total. The van der Waals surface area contributed by atoms with Gasteiger partial charge in [0.05, 0.1) is 21.6 Å². The maximum absolute atomic E-state index is 10.3. The largest absolute Gasteiger partial charge is 0.506 e. The van der Waals surface area contributed by atoms with Crippen LogP contribution in [0.5, 0.6) is 5.75 Å². The number of non-ortho nitro benzene ring substituents is 1. The van der Waals surface area contributed by atoms with Crippen LogP contribution in [0.4, 0.5) is 22.7 Å². The van der Waals surface area contributed by atoms with E-state index in [2.05, 4.69) is 0 Å². The van der Waals surface area contributed by atoms with Crippen molar-refractivity contribution in [1.82, 2.24) is 0 Å². The molecule has 0 bridgehead atoms. The van der Waals surface area contributed by atoms with Gasteiger partial charge in [-0.1, -0.05) is 30.3 Å². The third-order valence-electron chi connectivity index (χ3n) is 3.37. The maximum Gasteiger partial charge on any atom is 0.298 e. The molecule has 0 aliphatic carbocycles. The molecular formula is C16H14N4O5. The second-order valence-corrected chi connectivity index (χ2v) is 4.98. The van der Waals surface area contributed by atoms with Crippen LogP contribution in [-0.2, 0) is 0 Å². The number of hydrogen-bond acceptors (Lipinski definition) is 7. The van der Waals surface area contributed by atoms with Gasteiger partial charge in [0.25, 0.3) is 11.4 Å². The standard InChI is InChI=1S/C10H9NO.C6H5N3O4/c11-10-8-4-2-1-3-7(8)5-6-9(10)12;7-5-2-1-4(8(10)11)3-6(5)9(12)13/h1-6,12H,11H2;1-3H,7H2. The van der Waals surface area contributed by atoms with Gasteiger partial charge in [0.1, 0.15) is 11.4 Å². The summed E-state index contributed by atoms with van der Waals surface area (Å²) in [6.07, 6.45) is 0. The third-order valence-corrected chi connectivity index (χ3v) is 3.37. The molecular weight excluding hydrogens is 328 g/mol. The molecule has 0 radical (unpaired) electrons. The average molecular weight is 342 g/mol. The predicted octanol–water partition coefficient (Wildman–Crippen LogP) is 3.21. The minimum atomic E-state index is -0.762. The van der Waals surface area contributed by atoms with Gasteiger partial charge in [-0.15, -0.1) is 0 Å². The van der Waals surface area contributed by atoms with Gasteiger partial charge in [0.2, 0.25) is 0 Å². The van der Waals surface area contributed by atoms with Crippen LogP contribution in [0.15, 0.2) is 54.6 Å². The van der Waals surface area contributed by atoms with E-state index in [1.807, 2.05) is 30.3 Å². The Hall–Kier alpha value is -3.88. The van der Waals surface area contributed by atoms with Crippen molar-refractivity contribution >= 4 is 33.5 Å². The smallest absolute Gasteiger partial charge is 0.298 e. The fourth-order valence-corrected chi connectivity index (χ4v) is 2.09. The highest BCUT2D eigenvalue weighted by molar-refractivity contribution is 5.95. The fourth-order valence-electron chi connectivity index (χ4n) is 2.09. The first-order valence-corrected chi connectivity index (χ1v) is 6.95. The molecule has 0 saturated carbocycles. The number of phenols is 1. The topological polar surface area (TPSA) is 159 Å². The van der Waals surface area contributed by atoms with E-state index in [4.69, 9.17) is 11.5 Å². The lowest BCUT2D eigenvalue weighted by atomic mass is 10.1. The van der Waals surface area contributed by atoms with E-state index in [9.17, 15) is 25.3 Å². The van der Waals surface area contributed by atoms with Gasteiger partial charge in [-0.2, -0.15) is 0 Å². The summed E-state index contributed by atoms with van der Waals surface area (Å²) in [6, 6.07) is 14.2. The molecule has 9 heteroatoms. The molecule has 0 amide bonds. The van der Waals surface area contributed by atoms with Crippen LogP contribution in [-0.4, -0.2) is 15.0 Å². The maximum atomic E-state index is 10.3. The highest BCUT2D eigenvalue weighted by Gasteiger charge is 2.16. The number of nitro groups is 2. The quantitative estimate of drug-likeness (QED) is 0.279. The van der Waals surface area contributed by atoms with E-state index in [0.717, 1.165) is 29.0 Å². The number of nitrogens with zero attached hydrogens (tertiary/aromatic N) is 2. The molecule has 0 atom stereocenters. The number of phenolic OH excluding ortho intramolecular Hbond substituents is 1. The number of nitrogen functional groups attached to an aromatic ring is 2. The van der Waals surface area contributed by atoms with Gasteiger partial charge in [0.15, 0.2) is 0 Å². The summed E-state index contributed by atoms with van der Waals surface area (Å²) < 4.78 is 0. The summed E-state index contributed by atoms with van der Waals surface area (Å²) in [7, 11) is 0. The summed E-state index contributed by atoms with van der Waals surface area (Å²) in [6.45, 7) is 0. The summed E-state index contributed by atoms with van der Waals surface area (Å²) in [5.41, 5.74) is 10.5. The Morgan fingerprint density at radius 1 is 0.880 bits per heavy atom. The van der Waals surface area contributed by atoms with Crippen molar-refractivity contribution in [2.45, 2.75) is 0 Å². The normalized spacial score (nSPS) is 9.92. The first-order chi connectivity index (χ1) is 11.8. The molecule has 0 saturated heterocycles. The van der Waals surface area contributed by atoms with Gasteiger partial charge in [0, 0.05) is 11.5 Å². The van der Waals surface area contributed by atoms with Crippen molar-refractivity contribution in [2.24, 2.45) is 0 Å². The summed E-state index contributed by atoms with van der Waals surface area (Å²) in [5.74, 6) is 0.147. The van der Waals surface area contributed by atoms with Crippen molar-refractivity contribution in [3.8, 4) is 5.75 Å². The molecule has 3 rings (SSSR count). The Bertz CT molecular complexity index is 958. The van der Waals surface area contributed by atoms with Gasteiger partial charge in [-0.05, 0) is 17.5 Å². The molecule has 128 valence electrons. The third kappa shape index (κ3) is 3.91. The van der Waals surface area contributed by atoms with Crippen LogP contribution in [0.2, 0.25) is 0 Å². The molecule has 0 spiro atoms. The zero-order valence-electron chi connectivity index (χ0n) is 12.8. The van der Waals surface area contributed by atoms with E-state index in [1.165, 1.54) is 0 Å². The highest BCUT2D eigenvalue weighted by atomic mass is 16.6. The van der Waals surface area contributed by atoms with Crippen molar-refractivity contribution < 1.29 is 15.0 Å². The van der Waals surface area contributed by atoms with E-state index < -0.39 is 15.5 Å². The second-order valence-electron chi connectivity index (χ2n) is 4.98. The average Bonchev–Trinajstić information content (AvgIpc) is 2.59. The number of hydrogen-bond donors (Lipinski definition) is 3. The molecule has 0 aliphatic rings. The Balaban J connectivity index is 0.000000181. The molecule has 3 aromatic rings. The predicted molar refractivity (Wildman–Crippen MR) is 94.2 cm³/mol. The van der Waals surface area contributed by atoms with Crippen LogP contribution < -0.4 is 11.5 Å². The Morgan fingerprint density at radius 3 is 2.20 bits per heavy atom. The van der Waals surface area contributed by atoms with Crippen LogP contribution >= 0.6 is 0 Å². The lowest BCUT2D eigenvalue weighted by Gasteiger charge is -2.02. The van der Waals surface area contributed by atoms with Gasteiger partial charge in [-0.25, -0.2) is 0 Å². The highest BCUT2D eigenvalue weighted by Crippen LogP contribution is 2.28. The number of nitro benzene ring substituents is 2. The van der Waals surface area contributed by atoms with Crippen molar-refractivity contribution in [3.63, 3.8) is 0 Å². The Labute approximate surface area is 141 Å². The monoisotopic (exact) mass is 342 g/mol. The van der Waals surface area contributed by atoms with Crippen molar-refractivity contribution in [1.29, 1.82) is 0 Å². The number of fused-ring (bicyclic) bond motifs is 1. The zero-order chi connectivity index (χ0) is 18.6. The fraction of sp³-hybridized carbons (Fsp3) is 0. The van der Waals surface area contributed by atoms with Crippen molar-refractivity contribution in [2.75, 3.05) is 11.5 Å². The minimum Gasteiger partial charge on any atom is -0.506 e. The number of benzene rings is 3. The lowest BCUT2D eigenvalue weighted by Crippen LogP contribution is -1.97. The van der Waals surface area contributed by atoms with Crippen molar-refractivity contribution in [3.05, 3.63) is 74.8 Å². The van der Waals surface area contributed by atoms with E-state index in [-0.39, 0.29) is 17.1 Å². The van der Waals surface area contributed by atoms with Crippen LogP contribution in [0.25, 0.3) is 10.8 Å². The second kappa shape index (κ2) is 7.13. The number of rotatable bonds is 2.